The third-order valence-electron chi connectivity index (χ3n) is 1.32. The Kier molecular flexibility index (Phi) is 2.17. The van der Waals surface area contributed by atoms with Gasteiger partial charge in [-0.05, 0) is 22.6 Å². The second kappa shape index (κ2) is 3.48. The Morgan fingerprint density at radius 3 is 3.31 bits per heavy atom. The summed E-state index contributed by atoms with van der Waals surface area (Å²) in [6.45, 7) is 0. The largest absolute Gasteiger partial charge is 0.290 e. The second-order valence-corrected chi connectivity index (χ2v) is 3.13. The molecule has 6 nitrogen and oxygen atoms in total. The number of hydrogen-bond acceptors (Lipinski definition) is 6. The molecule has 2 aromatic heterocycles. The molecule has 2 heterocycles. The van der Waals surface area contributed by atoms with E-state index in [-0.39, 0.29) is 5.75 Å². The van der Waals surface area contributed by atoms with Crippen molar-refractivity contribution in [2.24, 2.45) is 0 Å². The Bertz CT molecular complexity index is 428. The van der Waals surface area contributed by atoms with E-state index in [1.807, 2.05) is 0 Å². The van der Waals surface area contributed by atoms with Gasteiger partial charge in [0.25, 0.3) is 0 Å². The van der Waals surface area contributed by atoms with Crippen LogP contribution in [0.5, 0.6) is 0 Å². The van der Waals surface area contributed by atoms with Crippen LogP contribution < -0.4 is 0 Å². The first-order chi connectivity index (χ1) is 6.40. The number of nitrogens with zero attached hydrogens (tertiary/aromatic N) is 5. The molecule has 0 amide bonds. The maximum atomic E-state index is 9.97. The third-order valence-corrected chi connectivity index (χ3v) is 2.10. The Balaban J connectivity index is 2.31. The molecule has 13 heavy (non-hydrogen) atoms. The van der Waals surface area contributed by atoms with Gasteiger partial charge in [-0.25, -0.2) is 0 Å². The second-order valence-electron chi connectivity index (χ2n) is 2.13. The molecule has 0 aliphatic heterocycles. The number of fused-ring (bicyclic) bond motifs is 1. The normalized spacial score (nSPS) is 10.5. The lowest BCUT2D eigenvalue weighted by molar-refractivity contribution is 0.560. The highest BCUT2D eigenvalue weighted by atomic mass is 32.2. The minimum Gasteiger partial charge on any atom is -0.290 e. The fourth-order valence-corrected chi connectivity index (χ4v) is 1.32. The van der Waals surface area contributed by atoms with Gasteiger partial charge in [0.2, 0.25) is 6.29 Å². The number of hydrogen-bond donors (Lipinski definition) is 0. The highest BCUT2D eigenvalue weighted by molar-refractivity contribution is 7.99. The van der Waals surface area contributed by atoms with Crippen molar-refractivity contribution in [1.82, 2.24) is 25.3 Å². The lowest BCUT2D eigenvalue weighted by Crippen LogP contribution is -1.95. The van der Waals surface area contributed by atoms with Crippen LogP contribution in [0.4, 0.5) is 0 Å². The molecule has 0 saturated carbocycles. The molecule has 7 heteroatoms. The summed E-state index contributed by atoms with van der Waals surface area (Å²) >= 11 is 1.29. The molecule has 1 radical (unpaired) electrons. The molecular formula is C6H4N5OS. The zero-order chi connectivity index (χ0) is 9.10. The predicted octanol–water partition coefficient (Wildman–Crippen LogP) is -0.279. The lowest BCUT2D eigenvalue weighted by atomic mass is 10.6. The van der Waals surface area contributed by atoms with E-state index < -0.39 is 0 Å². The van der Waals surface area contributed by atoms with Crippen molar-refractivity contribution in [2.45, 2.75) is 5.03 Å². The molecular weight excluding hydrogens is 190 g/mol. The molecule has 0 unspecified atom stereocenters. The Morgan fingerprint density at radius 2 is 2.46 bits per heavy atom. The van der Waals surface area contributed by atoms with Crippen LogP contribution >= 0.6 is 11.8 Å². The molecule has 0 bridgehead atoms. The zero-order valence-electron chi connectivity index (χ0n) is 6.41. The Morgan fingerprint density at radius 1 is 1.54 bits per heavy atom. The van der Waals surface area contributed by atoms with E-state index in [0.717, 1.165) is 0 Å². The molecule has 2 rings (SSSR count). The average Bonchev–Trinajstić information content (AvgIpc) is 2.61. The summed E-state index contributed by atoms with van der Waals surface area (Å²) in [6, 6.07) is 3.49. The molecule has 0 aliphatic carbocycles. The molecule has 0 atom stereocenters. The fraction of sp³-hybridized carbons (Fsp3) is 0.167. The minimum atomic E-state index is 0.265. The summed E-state index contributed by atoms with van der Waals surface area (Å²) in [5.74, 6) is 0.265. The maximum absolute atomic E-state index is 9.97. The van der Waals surface area contributed by atoms with Gasteiger partial charge in [-0.2, -0.15) is 0 Å². The monoisotopic (exact) mass is 194 g/mol. The maximum Gasteiger partial charge on any atom is 0.209 e. The highest BCUT2D eigenvalue weighted by Crippen LogP contribution is 2.12. The lowest BCUT2D eigenvalue weighted by Gasteiger charge is -1.94. The van der Waals surface area contributed by atoms with Crippen molar-refractivity contribution in [3.8, 4) is 0 Å². The van der Waals surface area contributed by atoms with E-state index in [1.54, 1.807) is 18.4 Å². The summed E-state index contributed by atoms with van der Waals surface area (Å²) in [5, 5.41) is 15.5. The summed E-state index contributed by atoms with van der Waals surface area (Å²) in [5.41, 5.74) is 0.583. The van der Waals surface area contributed by atoms with Gasteiger partial charge < -0.3 is 0 Å². The number of aromatic nitrogens is 5. The van der Waals surface area contributed by atoms with Gasteiger partial charge in [-0.3, -0.25) is 4.79 Å². The average molecular weight is 194 g/mol. The van der Waals surface area contributed by atoms with Gasteiger partial charge in [0.15, 0.2) is 5.65 Å². The molecule has 0 aliphatic rings. The first kappa shape index (κ1) is 8.11. The van der Waals surface area contributed by atoms with Crippen molar-refractivity contribution < 1.29 is 4.79 Å². The first-order valence-electron chi connectivity index (χ1n) is 3.43. The summed E-state index contributed by atoms with van der Waals surface area (Å²) in [6.07, 6.45) is 1.77. The van der Waals surface area contributed by atoms with Crippen molar-refractivity contribution in [2.75, 3.05) is 5.75 Å². The van der Waals surface area contributed by atoms with Crippen LogP contribution in [-0.4, -0.2) is 37.3 Å². The molecule has 0 spiro atoms. The number of thioether (sulfide) groups is 1. The van der Waals surface area contributed by atoms with Crippen LogP contribution in [0.1, 0.15) is 0 Å². The van der Waals surface area contributed by atoms with Crippen LogP contribution in [0.2, 0.25) is 0 Å². The van der Waals surface area contributed by atoms with Gasteiger partial charge in [-0.15, -0.1) is 14.8 Å². The summed E-state index contributed by atoms with van der Waals surface area (Å²) in [7, 11) is 0. The van der Waals surface area contributed by atoms with E-state index in [1.165, 1.54) is 16.4 Å². The van der Waals surface area contributed by atoms with Crippen LogP contribution in [0.25, 0.3) is 5.65 Å². The van der Waals surface area contributed by atoms with Crippen molar-refractivity contribution in [1.29, 1.82) is 0 Å². The molecule has 0 N–H and O–H groups in total. The van der Waals surface area contributed by atoms with Crippen LogP contribution in [0.15, 0.2) is 17.2 Å². The summed E-state index contributed by atoms with van der Waals surface area (Å²) < 4.78 is 1.31. The van der Waals surface area contributed by atoms with E-state index >= 15 is 0 Å². The van der Waals surface area contributed by atoms with E-state index in [9.17, 15) is 4.79 Å². The minimum absolute atomic E-state index is 0.265. The van der Waals surface area contributed by atoms with Gasteiger partial charge >= 0.3 is 0 Å². The van der Waals surface area contributed by atoms with Crippen molar-refractivity contribution >= 4 is 23.7 Å². The Labute approximate surface area is 77.3 Å². The van der Waals surface area contributed by atoms with Gasteiger partial charge in [-0.1, -0.05) is 11.8 Å². The third kappa shape index (κ3) is 1.64. The van der Waals surface area contributed by atoms with Crippen molar-refractivity contribution in [3.05, 3.63) is 12.1 Å². The van der Waals surface area contributed by atoms with Crippen molar-refractivity contribution in [3.63, 3.8) is 0 Å². The van der Waals surface area contributed by atoms with Gasteiger partial charge in [0.1, 0.15) is 5.03 Å². The predicted molar refractivity (Wildman–Crippen MR) is 45.0 cm³/mol. The van der Waals surface area contributed by atoms with E-state index in [0.29, 0.717) is 10.7 Å². The number of rotatable bonds is 3. The van der Waals surface area contributed by atoms with Crippen LogP contribution in [0, 0.1) is 0 Å². The SMILES string of the molecule is O=[C]CSc1ccc2nnnn2n1. The zero-order valence-corrected chi connectivity index (χ0v) is 7.23. The molecule has 2 aromatic rings. The molecule has 0 fully saturated rings. The van der Waals surface area contributed by atoms with E-state index in [4.69, 9.17) is 0 Å². The standard InChI is InChI=1S/C6H4N5OS/c12-3-4-13-6-2-1-5-7-9-10-11(5)8-6/h1-2H,4H2. The summed E-state index contributed by atoms with van der Waals surface area (Å²) in [4.78, 5) is 9.97. The fourth-order valence-electron chi connectivity index (χ4n) is 0.814. The first-order valence-corrected chi connectivity index (χ1v) is 4.42. The smallest absolute Gasteiger partial charge is 0.209 e. The Hall–Kier alpha value is -1.50. The topological polar surface area (TPSA) is 73.0 Å². The molecule has 0 saturated heterocycles. The van der Waals surface area contributed by atoms with Gasteiger partial charge in [0.05, 0.1) is 5.75 Å². The van der Waals surface area contributed by atoms with Crippen LogP contribution in [0.3, 0.4) is 0 Å². The van der Waals surface area contributed by atoms with Gasteiger partial charge in [0, 0.05) is 0 Å². The number of tetrazole rings is 1. The van der Waals surface area contributed by atoms with E-state index in [2.05, 4.69) is 20.6 Å². The highest BCUT2D eigenvalue weighted by Gasteiger charge is 2.00. The molecule has 65 valence electrons. The quantitative estimate of drug-likeness (QED) is 0.626. The number of carbonyl (C=O) groups excluding carboxylic acids is 1. The molecule has 0 aromatic carbocycles. The van der Waals surface area contributed by atoms with Crippen LogP contribution in [-0.2, 0) is 4.79 Å².